The Morgan fingerprint density at radius 2 is 0.809 bits per heavy atom. The van der Waals surface area contributed by atoms with Crippen molar-refractivity contribution in [3.05, 3.63) is 152 Å². The molecule has 0 unspecified atom stereocenters. The summed E-state index contributed by atoms with van der Waals surface area (Å²) in [6.07, 6.45) is 0. The van der Waals surface area contributed by atoms with Gasteiger partial charge < -0.3 is 18.6 Å². The zero-order valence-corrected chi connectivity index (χ0v) is 25.2. The van der Waals surface area contributed by atoms with Gasteiger partial charge in [-0.2, -0.15) is 0 Å². The summed E-state index contributed by atoms with van der Waals surface area (Å²) in [7, 11) is 0. The third-order valence-electron chi connectivity index (χ3n) is 10.0. The summed E-state index contributed by atoms with van der Waals surface area (Å²) in [6.45, 7) is -0.0630. The van der Waals surface area contributed by atoms with Gasteiger partial charge in [0.2, 0.25) is 0 Å². The van der Waals surface area contributed by atoms with E-state index in [-0.39, 0.29) is 6.71 Å². The van der Waals surface area contributed by atoms with E-state index in [0.29, 0.717) is 0 Å². The summed E-state index contributed by atoms with van der Waals surface area (Å²) >= 11 is 0. The van der Waals surface area contributed by atoms with Crippen LogP contribution in [0.5, 0.6) is 23.0 Å². The molecule has 0 N–H and O–H groups in total. The minimum absolute atomic E-state index is 0.0630. The molecule has 0 bridgehead atoms. The van der Waals surface area contributed by atoms with Gasteiger partial charge in [0.15, 0.2) is 0 Å². The van der Waals surface area contributed by atoms with Crippen LogP contribution in [-0.4, -0.2) is 15.8 Å². The normalized spacial score (nSPS) is 13.0. The van der Waals surface area contributed by atoms with Crippen LogP contribution in [0.4, 0.5) is 0 Å². The van der Waals surface area contributed by atoms with Crippen molar-refractivity contribution in [3.8, 4) is 34.4 Å². The molecule has 2 aromatic heterocycles. The van der Waals surface area contributed by atoms with Gasteiger partial charge in [-0.1, -0.05) is 78.9 Å². The highest BCUT2D eigenvalue weighted by atomic mass is 16.5. The molecule has 0 spiro atoms. The smallest absolute Gasteiger partial charge is 0.260 e. The molecule has 4 nitrogen and oxygen atoms in total. The summed E-state index contributed by atoms with van der Waals surface area (Å²) in [5.41, 5.74) is 10.3. The first-order valence-electron chi connectivity index (χ1n) is 16.1. The largest absolute Gasteiger partial charge is 0.458 e. The Morgan fingerprint density at radius 1 is 0.362 bits per heavy atom. The molecular weight excluding hydrogens is 575 g/mol. The van der Waals surface area contributed by atoms with Crippen LogP contribution in [0.3, 0.4) is 0 Å². The molecule has 5 heteroatoms. The van der Waals surface area contributed by atoms with Crippen LogP contribution in [-0.2, 0) is 0 Å². The fourth-order valence-corrected chi connectivity index (χ4v) is 8.06. The van der Waals surface area contributed by atoms with Crippen LogP contribution in [0.1, 0.15) is 0 Å². The maximum absolute atomic E-state index is 6.75. The van der Waals surface area contributed by atoms with Gasteiger partial charge in [-0.25, -0.2) is 0 Å². The third kappa shape index (κ3) is 3.38. The van der Waals surface area contributed by atoms with Crippen molar-refractivity contribution in [2.24, 2.45) is 0 Å². The first-order chi connectivity index (χ1) is 23.3. The summed E-state index contributed by atoms with van der Waals surface area (Å²) in [6, 6.07) is 53.9. The number of fused-ring (bicyclic) bond motifs is 10. The molecule has 0 saturated heterocycles. The number of hydrogen-bond acceptors (Lipinski definition) is 2. The average molecular weight is 600 g/mol. The van der Waals surface area contributed by atoms with Gasteiger partial charge in [0, 0.05) is 38.4 Å². The lowest BCUT2D eigenvalue weighted by Gasteiger charge is -2.33. The van der Waals surface area contributed by atoms with Crippen LogP contribution >= 0.6 is 0 Å². The number of para-hydroxylation sites is 4. The zero-order valence-electron chi connectivity index (χ0n) is 25.2. The predicted molar refractivity (Wildman–Crippen MR) is 193 cm³/mol. The molecule has 2 aliphatic heterocycles. The van der Waals surface area contributed by atoms with E-state index in [1.165, 1.54) is 32.6 Å². The maximum Gasteiger partial charge on any atom is 0.260 e. The van der Waals surface area contributed by atoms with E-state index >= 15 is 0 Å². The van der Waals surface area contributed by atoms with Crippen LogP contribution in [0, 0.1) is 0 Å². The second kappa shape index (κ2) is 9.18. The number of aromatic nitrogens is 2. The minimum atomic E-state index is -0.0630. The molecule has 11 rings (SSSR count). The molecule has 4 heterocycles. The summed E-state index contributed by atoms with van der Waals surface area (Å²) < 4.78 is 18.2. The monoisotopic (exact) mass is 600 g/mol. The molecule has 0 radical (unpaired) electrons. The Morgan fingerprint density at radius 3 is 1.30 bits per heavy atom. The highest BCUT2D eigenvalue weighted by Gasteiger charge is 2.41. The lowest BCUT2D eigenvalue weighted by molar-refractivity contribution is 0.465. The van der Waals surface area contributed by atoms with E-state index < -0.39 is 0 Å². The molecule has 9 aromatic rings. The fraction of sp³-hybridized carbons (Fsp3) is 0. The topological polar surface area (TPSA) is 28.3 Å². The molecule has 0 amide bonds. The Labute approximate surface area is 270 Å². The molecule has 0 aliphatic carbocycles. The van der Waals surface area contributed by atoms with Crippen LogP contribution in [0.2, 0.25) is 0 Å². The van der Waals surface area contributed by atoms with Crippen molar-refractivity contribution >= 4 is 66.7 Å². The van der Waals surface area contributed by atoms with E-state index in [1.54, 1.807) is 0 Å². The quantitative estimate of drug-likeness (QED) is 0.186. The van der Waals surface area contributed by atoms with Gasteiger partial charge in [-0.15, -0.1) is 0 Å². The number of rotatable bonds is 2. The molecule has 47 heavy (non-hydrogen) atoms. The lowest BCUT2D eigenvalue weighted by atomic mass is 9.35. The van der Waals surface area contributed by atoms with Crippen LogP contribution in [0.15, 0.2) is 152 Å². The highest BCUT2D eigenvalue weighted by molar-refractivity contribution is 6.98. The lowest BCUT2D eigenvalue weighted by Crippen LogP contribution is -2.57. The van der Waals surface area contributed by atoms with Crippen molar-refractivity contribution in [1.29, 1.82) is 0 Å². The first-order valence-corrected chi connectivity index (χ1v) is 16.1. The van der Waals surface area contributed by atoms with Gasteiger partial charge in [0.25, 0.3) is 6.71 Å². The van der Waals surface area contributed by atoms with Crippen LogP contribution in [0.25, 0.3) is 55.0 Å². The summed E-state index contributed by atoms with van der Waals surface area (Å²) in [5, 5.41) is 4.77. The maximum atomic E-state index is 6.75. The van der Waals surface area contributed by atoms with Gasteiger partial charge in [0.05, 0.1) is 22.1 Å². The average Bonchev–Trinajstić information content (AvgIpc) is 3.62. The fourth-order valence-electron chi connectivity index (χ4n) is 8.06. The number of ether oxygens (including phenoxy) is 2. The van der Waals surface area contributed by atoms with E-state index in [9.17, 15) is 0 Å². The van der Waals surface area contributed by atoms with Gasteiger partial charge >= 0.3 is 0 Å². The van der Waals surface area contributed by atoms with Gasteiger partial charge in [-0.3, -0.25) is 0 Å². The van der Waals surface area contributed by atoms with Crippen LogP contribution < -0.4 is 25.9 Å². The standard InChI is InChI=1S/C42H25BN2O2/c1-3-12-26(13-4-1)44-34-18-9-7-16-28(34)30-22-40-32(24-36(30)44)43-33-25-37-31(23-41(33)47-39-21-11-20-38(46-40)42(39)43)29-17-8-10-19-35(29)45(37)27-14-5-2-6-15-27/h1-25H. The first kappa shape index (κ1) is 25.0. The Balaban J connectivity index is 1.24. The summed E-state index contributed by atoms with van der Waals surface area (Å²) in [5.74, 6) is 3.47. The number of nitrogens with zero attached hydrogens (tertiary/aromatic N) is 2. The highest BCUT2D eigenvalue weighted by Crippen LogP contribution is 2.41. The van der Waals surface area contributed by atoms with E-state index in [1.807, 2.05) is 6.07 Å². The molecule has 0 atom stereocenters. The van der Waals surface area contributed by atoms with Crippen molar-refractivity contribution in [2.75, 3.05) is 0 Å². The summed E-state index contributed by atoms with van der Waals surface area (Å²) in [4.78, 5) is 0. The second-order valence-corrected chi connectivity index (χ2v) is 12.5. The van der Waals surface area contributed by atoms with Crippen molar-refractivity contribution in [1.82, 2.24) is 9.13 Å². The van der Waals surface area contributed by atoms with E-state index in [0.717, 1.165) is 61.8 Å². The Bertz CT molecular complexity index is 2560. The molecule has 218 valence electrons. The minimum Gasteiger partial charge on any atom is -0.458 e. The van der Waals surface area contributed by atoms with Gasteiger partial charge in [-0.05, 0) is 83.7 Å². The van der Waals surface area contributed by atoms with E-state index in [2.05, 4.69) is 155 Å². The molecule has 0 fully saturated rings. The van der Waals surface area contributed by atoms with Crippen molar-refractivity contribution in [3.63, 3.8) is 0 Å². The second-order valence-electron chi connectivity index (χ2n) is 12.5. The number of benzene rings is 7. The molecule has 7 aromatic carbocycles. The zero-order chi connectivity index (χ0) is 30.6. The van der Waals surface area contributed by atoms with E-state index in [4.69, 9.17) is 9.47 Å². The SMILES string of the molecule is c1ccc(-n2c3ccccc3c3cc4c(cc32)B2c3cc5c(cc3Oc3cccc(c32)O4)c2ccccc2n5-c2ccccc2)cc1. The molecular formula is C42H25BN2O2. The third-order valence-corrected chi connectivity index (χ3v) is 10.0. The predicted octanol–water partition coefficient (Wildman–Crippen LogP) is 8.61. The number of hydrogen-bond donors (Lipinski definition) is 0. The molecule has 2 aliphatic rings. The molecule has 0 saturated carbocycles. The van der Waals surface area contributed by atoms with Crippen molar-refractivity contribution < 1.29 is 9.47 Å². The van der Waals surface area contributed by atoms with Gasteiger partial charge in [0.1, 0.15) is 23.0 Å². The van der Waals surface area contributed by atoms with Crippen molar-refractivity contribution in [2.45, 2.75) is 0 Å². The Hall–Kier alpha value is -6.20. The Kier molecular flexibility index (Phi) is 4.89.